The number of halogens is 2. The van der Waals surface area contributed by atoms with E-state index in [1.54, 1.807) is 12.1 Å². The van der Waals surface area contributed by atoms with E-state index in [0.29, 0.717) is 31.1 Å². The maximum absolute atomic E-state index is 11.8. The van der Waals surface area contributed by atoms with Gasteiger partial charge < -0.3 is 9.47 Å². The molecule has 0 N–H and O–H groups in total. The first-order valence-corrected chi connectivity index (χ1v) is 9.43. The Hall–Kier alpha value is -1.33. The maximum Gasteiger partial charge on any atom is 0.311 e. The summed E-state index contributed by atoms with van der Waals surface area (Å²) in [5.41, 5.74) is 1.26. The van der Waals surface area contributed by atoms with Crippen LogP contribution in [0.2, 0.25) is 0 Å². The molecule has 24 heavy (non-hydrogen) atoms. The Morgan fingerprint density at radius 3 is 2.42 bits per heavy atom. The quantitative estimate of drug-likeness (QED) is 0.287. The average molecular weight is 456 g/mol. The Morgan fingerprint density at radius 1 is 1.08 bits per heavy atom. The number of esters is 1. The Bertz CT molecular complexity index is 682. The van der Waals surface area contributed by atoms with E-state index < -0.39 is 0 Å². The monoisotopic (exact) mass is 454 g/mol. The first kappa shape index (κ1) is 19.0. The highest BCUT2D eigenvalue weighted by atomic mass is 79.9. The Balaban J connectivity index is 1.74. The molecular formula is C19H20Br2O3. The van der Waals surface area contributed by atoms with Gasteiger partial charge in [0.15, 0.2) is 0 Å². The van der Waals surface area contributed by atoms with Gasteiger partial charge >= 0.3 is 5.97 Å². The van der Waals surface area contributed by atoms with Crippen molar-refractivity contribution >= 4 is 37.8 Å². The molecule has 2 aromatic carbocycles. The van der Waals surface area contributed by atoms with Crippen molar-refractivity contribution in [3.63, 3.8) is 0 Å². The van der Waals surface area contributed by atoms with Crippen molar-refractivity contribution in [1.82, 2.24) is 0 Å². The first-order chi connectivity index (χ1) is 11.5. The molecule has 0 aliphatic carbocycles. The fourth-order valence-electron chi connectivity index (χ4n) is 2.08. The van der Waals surface area contributed by atoms with E-state index in [-0.39, 0.29) is 5.97 Å². The van der Waals surface area contributed by atoms with Crippen LogP contribution in [0.4, 0.5) is 0 Å². The molecule has 2 rings (SSSR count). The summed E-state index contributed by atoms with van der Waals surface area (Å²) in [7, 11) is 0. The normalized spacial score (nSPS) is 10.7. The summed E-state index contributed by atoms with van der Waals surface area (Å²) < 4.78 is 12.9. The molecule has 0 aliphatic rings. The molecule has 0 fully saturated rings. The first-order valence-electron chi connectivity index (χ1n) is 7.84. The van der Waals surface area contributed by atoms with Crippen molar-refractivity contribution in [2.75, 3.05) is 6.61 Å². The molecule has 2 aromatic rings. The van der Waals surface area contributed by atoms with Gasteiger partial charge in [-0.05, 0) is 70.2 Å². The Morgan fingerprint density at radius 2 is 1.79 bits per heavy atom. The molecule has 0 unspecified atom stereocenters. The lowest BCUT2D eigenvalue weighted by atomic mass is 10.0. The zero-order valence-corrected chi connectivity index (χ0v) is 16.9. The minimum Gasteiger partial charge on any atom is -0.492 e. The lowest BCUT2D eigenvalue weighted by molar-refractivity contribution is -0.134. The van der Waals surface area contributed by atoms with Gasteiger partial charge in [-0.1, -0.05) is 35.8 Å². The van der Waals surface area contributed by atoms with Gasteiger partial charge in [-0.15, -0.1) is 0 Å². The standard InChI is InChI=1S/C19H20Br2O3/c1-13(2)14-5-10-18(17(21)12-14)23-11-3-4-19(22)24-16-8-6-15(20)7-9-16/h5-10,12-13H,3-4,11H2,1-2H3. The second-order valence-electron chi connectivity index (χ2n) is 5.72. The fourth-order valence-corrected chi connectivity index (χ4v) is 2.85. The van der Waals surface area contributed by atoms with Crippen molar-refractivity contribution in [1.29, 1.82) is 0 Å². The average Bonchev–Trinajstić information content (AvgIpc) is 2.54. The summed E-state index contributed by atoms with van der Waals surface area (Å²) in [5, 5.41) is 0. The number of rotatable bonds is 7. The van der Waals surface area contributed by atoms with Crippen LogP contribution in [-0.4, -0.2) is 12.6 Å². The van der Waals surface area contributed by atoms with Crippen molar-refractivity contribution in [2.45, 2.75) is 32.6 Å². The third-order valence-corrected chi connectivity index (χ3v) is 4.60. The third-order valence-electron chi connectivity index (χ3n) is 3.45. The van der Waals surface area contributed by atoms with Gasteiger partial charge in [-0.25, -0.2) is 0 Å². The summed E-state index contributed by atoms with van der Waals surface area (Å²) in [6.07, 6.45) is 0.922. The van der Waals surface area contributed by atoms with Gasteiger partial charge in [0.1, 0.15) is 11.5 Å². The maximum atomic E-state index is 11.8. The topological polar surface area (TPSA) is 35.5 Å². The number of hydrogen-bond acceptors (Lipinski definition) is 3. The van der Waals surface area contributed by atoms with Crippen LogP contribution in [0, 0.1) is 0 Å². The Labute approximate surface area is 159 Å². The predicted octanol–water partition coefficient (Wildman–Crippen LogP) is 6.10. The molecule has 5 heteroatoms. The highest BCUT2D eigenvalue weighted by Gasteiger charge is 2.07. The zero-order chi connectivity index (χ0) is 17.5. The van der Waals surface area contributed by atoms with E-state index in [4.69, 9.17) is 9.47 Å². The summed E-state index contributed by atoms with van der Waals surface area (Å²) in [5.74, 6) is 1.57. The number of carbonyl (C=O) groups is 1. The van der Waals surface area contributed by atoms with E-state index in [2.05, 4.69) is 57.8 Å². The second kappa shape index (κ2) is 9.23. The van der Waals surface area contributed by atoms with Crippen molar-refractivity contribution in [3.8, 4) is 11.5 Å². The van der Waals surface area contributed by atoms with E-state index >= 15 is 0 Å². The summed E-state index contributed by atoms with van der Waals surface area (Å²) >= 11 is 6.87. The van der Waals surface area contributed by atoms with Crippen molar-refractivity contribution in [2.24, 2.45) is 0 Å². The van der Waals surface area contributed by atoms with Gasteiger partial charge in [0.2, 0.25) is 0 Å². The highest BCUT2D eigenvalue weighted by Crippen LogP contribution is 2.29. The summed E-state index contributed by atoms with van der Waals surface area (Å²) in [4.78, 5) is 11.8. The van der Waals surface area contributed by atoms with Crippen LogP contribution >= 0.6 is 31.9 Å². The third kappa shape index (κ3) is 5.95. The second-order valence-corrected chi connectivity index (χ2v) is 7.49. The molecule has 0 saturated carbocycles. The van der Waals surface area contributed by atoms with E-state index in [9.17, 15) is 4.79 Å². The molecule has 0 spiro atoms. The number of carbonyl (C=O) groups excluding carboxylic acids is 1. The van der Waals surface area contributed by atoms with E-state index in [0.717, 1.165) is 14.7 Å². The molecule has 0 radical (unpaired) electrons. The SMILES string of the molecule is CC(C)c1ccc(OCCCC(=O)Oc2ccc(Br)cc2)c(Br)c1. The fraction of sp³-hybridized carbons (Fsp3) is 0.316. The summed E-state index contributed by atoms with van der Waals surface area (Å²) in [6.45, 7) is 4.77. The van der Waals surface area contributed by atoms with Gasteiger partial charge in [0, 0.05) is 10.9 Å². The molecule has 0 atom stereocenters. The van der Waals surface area contributed by atoms with Crippen molar-refractivity contribution in [3.05, 3.63) is 57.0 Å². The number of hydrogen-bond donors (Lipinski definition) is 0. The molecule has 0 amide bonds. The van der Waals surface area contributed by atoms with Gasteiger partial charge in [0.05, 0.1) is 11.1 Å². The van der Waals surface area contributed by atoms with Crippen LogP contribution in [0.1, 0.15) is 38.2 Å². The molecule has 128 valence electrons. The molecule has 0 saturated heterocycles. The molecule has 3 nitrogen and oxygen atoms in total. The minimum absolute atomic E-state index is 0.254. The van der Waals surface area contributed by atoms with Crippen LogP contribution in [0.25, 0.3) is 0 Å². The predicted molar refractivity (Wildman–Crippen MR) is 103 cm³/mol. The Kier molecular flexibility index (Phi) is 7.31. The van der Waals surface area contributed by atoms with Gasteiger partial charge in [-0.2, -0.15) is 0 Å². The lowest BCUT2D eigenvalue weighted by Crippen LogP contribution is -2.10. The zero-order valence-electron chi connectivity index (χ0n) is 13.7. The summed E-state index contributed by atoms with van der Waals surface area (Å²) in [6, 6.07) is 13.3. The van der Waals surface area contributed by atoms with Crippen LogP contribution in [0.3, 0.4) is 0 Å². The van der Waals surface area contributed by atoms with Gasteiger partial charge in [0.25, 0.3) is 0 Å². The van der Waals surface area contributed by atoms with Gasteiger partial charge in [-0.3, -0.25) is 4.79 Å². The van der Waals surface area contributed by atoms with Crippen LogP contribution in [0.5, 0.6) is 11.5 Å². The lowest BCUT2D eigenvalue weighted by Gasteiger charge is -2.11. The minimum atomic E-state index is -0.254. The molecular weight excluding hydrogens is 436 g/mol. The number of ether oxygens (including phenoxy) is 2. The van der Waals surface area contributed by atoms with Crippen LogP contribution in [0.15, 0.2) is 51.4 Å². The molecule has 0 aliphatic heterocycles. The van der Waals surface area contributed by atoms with Crippen molar-refractivity contribution < 1.29 is 14.3 Å². The molecule has 0 aromatic heterocycles. The largest absolute Gasteiger partial charge is 0.492 e. The molecule has 0 bridgehead atoms. The van der Waals surface area contributed by atoms with Crippen LogP contribution < -0.4 is 9.47 Å². The highest BCUT2D eigenvalue weighted by molar-refractivity contribution is 9.10. The number of benzene rings is 2. The van der Waals surface area contributed by atoms with E-state index in [1.807, 2.05) is 18.2 Å². The van der Waals surface area contributed by atoms with E-state index in [1.165, 1.54) is 5.56 Å². The molecule has 0 heterocycles. The van der Waals surface area contributed by atoms with Crippen LogP contribution in [-0.2, 0) is 4.79 Å². The smallest absolute Gasteiger partial charge is 0.311 e.